The monoisotopic (exact) mass is 305 g/mol. The number of methoxy groups -OCH3 is 1. The van der Waals surface area contributed by atoms with Gasteiger partial charge in [0, 0.05) is 12.3 Å². The van der Waals surface area contributed by atoms with Gasteiger partial charge in [-0.1, -0.05) is 31.4 Å². The van der Waals surface area contributed by atoms with Crippen LogP contribution < -0.4 is 10.1 Å². The molecule has 120 valence electrons. The molecule has 1 fully saturated rings. The van der Waals surface area contributed by atoms with Crippen LogP contribution in [0.4, 0.5) is 0 Å². The number of carboxylic acid groups (broad SMARTS) is 1. The lowest BCUT2D eigenvalue weighted by molar-refractivity contribution is -0.142. The Labute approximate surface area is 130 Å². The minimum absolute atomic E-state index is 0.0357. The van der Waals surface area contributed by atoms with E-state index in [1.807, 2.05) is 12.1 Å². The summed E-state index contributed by atoms with van der Waals surface area (Å²) in [5.41, 5.74) is 0.858. The molecule has 22 heavy (non-hydrogen) atoms. The number of carboxylic acids is 1. The van der Waals surface area contributed by atoms with Crippen molar-refractivity contribution in [1.29, 1.82) is 0 Å². The van der Waals surface area contributed by atoms with Gasteiger partial charge in [-0.3, -0.25) is 4.79 Å². The second-order valence-corrected chi connectivity index (χ2v) is 5.79. The maximum atomic E-state index is 12.2. The van der Waals surface area contributed by atoms with E-state index in [-0.39, 0.29) is 18.2 Å². The van der Waals surface area contributed by atoms with Crippen LogP contribution in [0, 0.1) is 5.92 Å². The summed E-state index contributed by atoms with van der Waals surface area (Å²) in [5, 5.41) is 12.0. The smallest absolute Gasteiger partial charge is 0.326 e. The van der Waals surface area contributed by atoms with E-state index in [1.165, 1.54) is 0 Å². The molecule has 0 aromatic heterocycles. The highest BCUT2D eigenvalue weighted by Crippen LogP contribution is 2.24. The van der Waals surface area contributed by atoms with E-state index < -0.39 is 12.0 Å². The first-order valence-electron chi connectivity index (χ1n) is 7.76. The molecule has 1 amide bonds. The molecule has 0 radical (unpaired) electrons. The number of benzene rings is 1. The number of hydrogen-bond donors (Lipinski definition) is 2. The van der Waals surface area contributed by atoms with Crippen LogP contribution in [0.2, 0.25) is 0 Å². The van der Waals surface area contributed by atoms with Gasteiger partial charge in [0.1, 0.15) is 11.8 Å². The van der Waals surface area contributed by atoms with Gasteiger partial charge in [-0.2, -0.15) is 0 Å². The number of aliphatic carboxylic acids is 1. The number of amides is 1. The molecule has 1 aromatic rings. The molecule has 1 aliphatic carbocycles. The fourth-order valence-corrected chi connectivity index (χ4v) is 2.85. The standard InChI is InChI=1S/C17H23NO4/c1-22-14-9-7-12(8-10-14)11-15(17(20)21)18-16(19)13-5-3-2-4-6-13/h7-10,13,15H,2-6,11H2,1H3,(H,18,19)(H,20,21). The van der Waals surface area contributed by atoms with E-state index in [4.69, 9.17) is 4.74 Å². The third-order valence-corrected chi connectivity index (χ3v) is 4.19. The average Bonchev–Trinajstić information content (AvgIpc) is 2.55. The van der Waals surface area contributed by atoms with Crippen LogP contribution in [0.25, 0.3) is 0 Å². The molecule has 1 aromatic carbocycles. The zero-order valence-corrected chi connectivity index (χ0v) is 12.9. The Morgan fingerprint density at radius 1 is 1.23 bits per heavy atom. The van der Waals surface area contributed by atoms with Gasteiger partial charge in [-0.25, -0.2) is 4.79 Å². The Morgan fingerprint density at radius 3 is 2.41 bits per heavy atom. The van der Waals surface area contributed by atoms with Gasteiger partial charge in [-0.05, 0) is 30.5 Å². The number of carbonyl (C=O) groups is 2. The predicted octanol–water partition coefficient (Wildman–Crippen LogP) is 2.39. The molecule has 1 saturated carbocycles. The summed E-state index contributed by atoms with van der Waals surface area (Å²) in [5.74, 6) is -0.436. The highest BCUT2D eigenvalue weighted by molar-refractivity contribution is 5.85. The predicted molar refractivity (Wildman–Crippen MR) is 82.8 cm³/mol. The average molecular weight is 305 g/mol. The molecule has 0 aliphatic heterocycles. The summed E-state index contributed by atoms with van der Waals surface area (Å²) in [6.45, 7) is 0. The van der Waals surface area contributed by atoms with Gasteiger partial charge in [0.2, 0.25) is 5.91 Å². The molecular formula is C17H23NO4. The fourth-order valence-electron chi connectivity index (χ4n) is 2.85. The molecule has 2 rings (SSSR count). The second-order valence-electron chi connectivity index (χ2n) is 5.79. The van der Waals surface area contributed by atoms with Crippen molar-refractivity contribution in [3.63, 3.8) is 0 Å². The minimum Gasteiger partial charge on any atom is -0.497 e. The van der Waals surface area contributed by atoms with E-state index in [2.05, 4.69) is 5.32 Å². The molecule has 2 N–H and O–H groups in total. The number of rotatable bonds is 6. The largest absolute Gasteiger partial charge is 0.497 e. The van der Waals surface area contributed by atoms with E-state index in [0.717, 1.165) is 43.4 Å². The van der Waals surface area contributed by atoms with Crippen LogP contribution in [0.5, 0.6) is 5.75 Å². The van der Waals surface area contributed by atoms with Crippen molar-refractivity contribution in [2.45, 2.75) is 44.6 Å². The van der Waals surface area contributed by atoms with Crippen molar-refractivity contribution in [3.05, 3.63) is 29.8 Å². The van der Waals surface area contributed by atoms with Crippen molar-refractivity contribution < 1.29 is 19.4 Å². The van der Waals surface area contributed by atoms with Crippen LogP contribution in [-0.4, -0.2) is 30.1 Å². The molecule has 0 spiro atoms. The topological polar surface area (TPSA) is 75.6 Å². The number of carbonyl (C=O) groups excluding carboxylic acids is 1. The van der Waals surface area contributed by atoms with E-state index >= 15 is 0 Å². The highest BCUT2D eigenvalue weighted by Gasteiger charge is 2.26. The van der Waals surface area contributed by atoms with E-state index in [9.17, 15) is 14.7 Å². The zero-order chi connectivity index (χ0) is 15.9. The molecule has 0 heterocycles. The van der Waals surface area contributed by atoms with Crippen molar-refractivity contribution in [2.75, 3.05) is 7.11 Å². The molecular weight excluding hydrogens is 282 g/mol. The van der Waals surface area contributed by atoms with E-state index in [1.54, 1.807) is 19.2 Å². The Morgan fingerprint density at radius 2 is 1.86 bits per heavy atom. The first kappa shape index (κ1) is 16.3. The normalized spacial score (nSPS) is 16.8. The van der Waals surface area contributed by atoms with Gasteiger partial charge in [0.05, 0.1) is 7.11 Å². The van der Waals surface area contributed by atoms with Crippen molar-refractivity contribution in [2.24, 2.45) is 5.92 Å². The third kappa shape index (κ3) is 4.48. The van der Waals surface area contributed by atoms with Crippen LogP contribution in [0.3, 0.4) is 0 Å². The molecule has 1 unspecified atom stereocenters. The summed E-state index contributed by atoms with van der Waals surface area (Å²) in [7, 11) is 1.58. The molecule has 0 bridgehead atoms. The quantitative estimate of drug-likeness (QED) is 0.846. The summed E-state index contributed by atoms with van der Waals surface area (Å²) in [4.78, 5) is 23.6. The Bertz CT molecular complexity index is 506. The number of hydrogen-bond acceptors (Lipinski definition) is 3. The maximum Gasteiger partial charge on any atom is 0.326 e. The van der Waals surface area contributed by atoms with Crippen LogP contribution in [0.15, 0.2) is 24.3 Å². The minimum atomic E-state index is -1.00. The molecule has 5 heteroatoms. The van der Waals surface area contributed by atoms with Crippen LogP contribution >= 0.6 is 0 Å². The summed E-state index contributed by atoms with van der Waals surface area (Å²) < 4.78 is 5.08. The zero-order valence-electron chi connectivity index (χ0n) is 12.9. The van der Waals surface area contributed by atoms with Crippen molar-refractivity contribution in [3.8, 4) is 5.75 Å². The van der Waals surface area contributed by atoms with Gasteiger partial charge in [0.25, 0.3) is 0 Å². The summed E-state index contributed by atoms with van der Waals surface area (Å²) >= 11 is 0. The Kier molecular flexibility index (Phi) is 5.81. The lowest BCUT2D eigenvalue weighted by atomic mass is 9.88. The third-order valence-electron chi connectivity index (χ3n) is 4.19. The number of nitrogens with one attached hydrogen (secondary N) is 1. The van der Waals surface area contributed by atoms with Gasteiger partial charge in [-0.15, -0.1) is 0 Å². The molecule has 0 saturated heterocycles. The second kappa shape index (κ2) is 7.82. The lowest BCUT2D eigenvalue weighted by Gasteiger charge is -2.23. The highest BCUT2D eigenvalue weighted by atomic mass is 16.5. The van der Waals surface area contributed by atoms with Crippen LogP contribution in [-0.2, 0) is 16.0 Å². The van der Waals surface area contributed by atoms with Crippen LogP contribution in [0.1, 0.15) is 37.7 Å². The van der Waals surface area contributed by atoms with Gasteiger partial charge >= 0.3 is 5.97 Å². The SMILES string of the molecule is COc1ccc(CC(NC(=O)C2CCCCC2)C(=O)O)cc1. The maximum absolute atomic E-state index is 12.2. The van der Waals surface area contributed by atoms with Crippen molar-refractivity contribution in [1.82, 2.24) is 5.32 Å². The number of ether oxygens (including phenoxy) is 1. The first-order chi connectivity index (χ1) is 10.6. The van der Waals surface area contributed by atoms with E-state index in [0.29, 0.717) is 0 Å². The Hall–Kier alpha value is -2.04. The summed E-state index contributed by atoms with van der Waals surface area (Å²) in [6.07, 6.45) is 5.26. The fraction of sp³-hybridized carbons (Fsp3) is 0.529. The molecule has 1 aliphatic rings. The molecule has 5 nitrogen and oxygen atoms in total. The van der Waals surface area contributed by atoms with Gasteiger partial charge < -0.3 is 15.2 Å². The molecule has 1 atom stereocenters. The van der Waals surface area contributed by atoms with Gasteiger partial charge in [0.15, 0.2) is 0 Å². The Balaban J connectivity index is 1.96. The van der Waals surface area contributed by atoms with Crippen molar-refractivity contribution >= 4 is 11.9 Å². The lowest BCUT2D eigenvalue weighted by Crippen LogP contribution is -2.45. The summed E-state index contributed by atoms with van der Waals surface area (Å²) in [6, 6.07) is 6.33. The first-order valence-corrected chi connectivity index (χ1v) is 7.76.